The lowest BCUT2D eigenvalue weighted by atomic mass is 10.2. The molecule has 2 aromatic rings. The van der Waals surface area contributed by atoms with Crippen molar-refractivity contribution in [3.05, 3.63) is 69.2 Å². The first kappa shape index (κ1) is 20.7. The van der Waals surface area contributed by atoms with Gasteiger partial charge >= 0.3 is 0 Å². The second-order valence-electron chi connectivity index (χ2n) is 5.92. The van der Waals surface area contributed by atoms with Crippen molar-refractivity contribution in [2.45, 2.75) is 6.54 Å². The highest BCUT2D eigenvalue weighted by atomic mass is 35.5. The zero-order valence-electron chi connectivity index (χ0n) is 14.7. The quantitative estimate of drug-likeness (QED) is 0.515. The van der Waals surface area contributed by atoms with Crippen LogP contribution in [0.15, 0.2) is 48.5 Å². The highest BCUT2D eigenvalue weighted by Gasteiger charge is 2.24. The van der Waals surface area contributed by atoms with Crippen LogP contribution in [0.4, 0.5) is 11.4 Å². The van der Waals surface area contributed by atoms with E-state index >= 15 is 0 Å². The summed E-state index contributed by atoms with van der Waals surface area (Å²) in [5.41, 5.74) is 0.625. The van der Waals surface area contributed by atoms with E-state index in [2.05, 4.69) is 0 Å². The summed E-state index contributed by atoms with van der Waals surface area (Å²) in [6, 6.07) is 12.1. The highest BCUT2D eigenvalue weighted by Crippen LogP contribution is 2.23. The third-order valence-corrected chi connectivity index (χ3v) is 5.16. The Labute approximate surface area is 162 Å². The van der Waals surface area contributed by atoms with E-state index in [1.54, 1.807) is 31.3 Å². The van der Waals surface area contributed by atoms with Gasteiger partial charge in [0.25, 0.3) is 5.69 Å². The van der Waals surface area contributed by atoms with E-state index in [4.69, 9.17) is 11.6 Å². The van der Waals surface area contributed by atoms with Gasteiger partial charge in [0.1, 0.15) is 6.54 Å². The fourth-order valence-corrected chi connectivity index (χ4v) is 3.32. The molecule has 0 heterocycles. The van der Waals surface area contributed by atoms with Crippen LogP contribution in [0.5, 0.6) is 0 Å². The number of hydrogen-bond donors (Lipinski definition) is 0. The Morgan fingerprint density at radius 3 is 2.37 bits per heavy atom. The van der Waals surface area contributed by atoms with Crippen LogP contribution in [-0.4, -0.2) is 44.0 Å². The Balaban J connectivity index is 2.20. The summed E-state index contributed by atoms with van der Waals surface area (Å²) in [6.45, 7) is -0.202. The minimum absolute atomic E-state index is 0.0555. The third kappa shape index (κ3) is 5.66. The van der Waals surface area contributed by atoms with Crippen LogP contribution in [0.25, 0.3) is 0 Å². The molecule has 2 rings (SSSR count). The molecule has 0 bridgehead atoms. The van der Waals surface area contributed by atoms with Crippen LogP contribution in [0.3, 0.4) is 0 Å². The smallest absolute Gasteiger partial charge is 0.271 e. The maximum atomic E-state index is 12.5. The molecule has 10 heteroatoms. The third-order valence-electron chi connectivity index (χ3n) is 3.77. The molecule has 0 fully saturated rings. The SMILES string of the molecule is CN(Cc1ccc(Cl)cc1)C(=O)CN(c1cccc([N+](=O)[O-])c1)S(C)(=O)=O. The van der Waals surface area contributed by atoms with Crippen molar-refractivity contribution < 1.29 is 18.1 Å². The van der Waals surface area contributed by atoms with E-state index in [-0.39, 0.29) is 17.9 Å². The molecular formula is C17H18ClN3O5S. The zero-order chi connectivity index (χ0) is 20.2. The molecule has 0 atom stereocenters. The molecule has 8 nitrogen and oxygen atoms in total. The Morgan fingerprint density at radius 1 is 1.19 bits per heavy atom. The second kappa shape index (κ2) is 8.36. The number of nitrogens with zero attached hydrogens (tertiary/aromatic N) is 3. The molecule has 0 aliphatic heterocycles. The summed E-state index contributed by atoms with van der Waals surface area (Å²) in [5, 5.41) is 11.5. The van der Waals surface area contributed by atoms with Crippen molar-refractivity contribution in [2.75, 3.05) is 24.2 Å². The Kier molecular flexibility index (Phi) is 6.40. The van der Waals surface area contributed by atoms with Gasteiger partial charge in [0.05, 0.1) is 16.9 Å². The predicted molar refractivity (Wildman–Crippen MR) is 103 cm³/mol. The summed E-state index contributed by atoms with van der Waals surface area (Å²) < 4.78 is 25.1. The van der Waals surface area contributed by atoms with Crippen molar-refractivity contribution in [1.29, 1.82) is 0 Å². The second-order valence-corrected chi connectivity index (χ2v) is 8.27. The molecule has 0 N–H and O–H groups in total. The maximum Gasteiger partial charge on any atom is 0.271 e. The monoisotopic (exact) mass is 411 g/mol. The number of rotatable bonds is 7. The van der Waals surface area contributed by atoms with Crippen LogP contribution in [0, 0.1) is 10.1 Å². The maximum absolute atomic E-state index is 12.5. The molecule has 1 amide bonds. The number of nitro groups is 1. The minimum atomic E-state index is -3.82. The van der Waals surface area contributed by atoms with Crippen LogP contribution in [0.2, 0.25) is 5.02 Å². The number of anilines is 1. The molecule has 2 aromatic carbocycles. The average Bonchev–Trinajstić information content (AvgIpc) is 2.60. The normalized spacial score (nSPS) is 11.1. The van der Waals surface area contributed by atoms with E-state index in [9.17, 15) is 23.3 Å². The number of sulfonamides is 1. The van der Waals surface area contributed by atoms with Gasteiger partial charge in [-0.05, 0) is 23.8 Å². The number of likely N-dealkylation sites (N-methyl/N-ethyl adjacent to an activating group) is 1. The average molecular weight is 412 g/mol. The predicted octanol–water partition coefficient (Wildman–Crippen LogP) is 2.67. The van der Waals surface area contributed by atoms with Crippen molar-refractivity contribution in [3.63, 3.8) is 0 Å². The number of amides is 1. The fourth-order valence-electron chi connectivity index (χ4n) is 2.36. The summed E-state index contributed by atoms with van der Waals surface area (Å²) >= 11 is 5.83. The van der Waals surface area contributed by atoms with E-state index in [0.29, 0.717) is 5.02 Å². The molecule has 0 radical (unpaired) electrons. The number of halogens is 1. The summed E-state index contributed by atoms with van der Waals surface area (Å²) in [4.78, 5) is 24.2. The Morgan fingerprint density at radius 2 is 1.81 bits per heavy atom. The lowest BCUT2D eigenvalue weighted by Gasteiger charge is -2.25. The lowest BCUT2D eigenvalue weighted by molar-refractivity contribution is -0.384. The summed E-state index contributed by atoms with van der Waals surface area (Å²) in [5.74, 6) is -0.457. The van der Waals surface area contributed by atoms with E-state index < -0.39 is 27.4 Å². The first-order valence-electron chi connectivity index (χ1n) is 7.78. The van der Waals surface area contributed by atoms with Crippen molar-refractivity contribution in [3.8, 4) is 0 Å². The largest absolute Gasteiger partial charge is 0.340 e. The lowest BCUT2D eigenvalue weighted by Crippen LogP contribution is -2.41. The molecule has 0 saturated carbocycles. The minimum Gasteiger partial charge on any atom is -0.340 e. The first-order chi connectivity index (χ1) is 12.6. The van der Waals surface area contributed by atoms with Gasteiger partial charge in [-0.2, -0.15) is 0 Å². The highest BCUT2D eigenvalue weighted by molar-refractivity contribution is 7.92. The van der Waals surface area contributed by atoms with Gasteiger partial charge in [0.15, 0.2) is 0 Å². The Hall–Kier alpha value is -2.65. The van der Waals surface area contributed by atoms with Crippen LogP contribution in [-0.2, 0) is 21.4 Å². The van der Waals surface area contributed by atoms with E-state index in [1.165, 1.54) is 23.1 Å². The van der Waals surface area contributed by atoms with Gasteiger partial charge in [0.2, 0.25) is 15.9 Å². The molecule has 0 spiro atoms. The molecule has 0 saturated heterocycles. The Bertz CT molecular complexity index is 947. The van der Waals surface area contributed by atoms with E-state index in [0.717, 1.165) is 22.2 Å². The van der Waals surface area contributed by atoms with Gasteiger partial charge in [-0.1, -0.05) is 29.8 Å². The number of carbonyl (C=O) groups excluding carboxylic acids is 1. The van der Waals surface area contributed by atoms with E-state index in [1.807, 2.05) is 0 Å². The fraction of sp³-hybridized carbons (Fsp3) is 0.235. The summed E-state index contributed by atoms with van der Waals surface area (Å²) in [7, 11) is -2.28. The number of non-ortho nitro benzene ring substituents is 1. The number of benzene rings is 2. The number of carbonyl (C=O) groups is 1. The number of nitro benzene ring substituents is 1. The van der Waals surface area contributed by atoms with Crippen LogP contribution >= 0.6 is 11.6 Å². The van der Waals surface area contributed by atoms with Crippen LogP contribution < -0.4 is 4.31 Å². The van der Waals surface area contributed by atoms with Gasteiger partial charge in [-0.25, -0.2) is 8.42 Å². The molecule has 0 unspecified atom stereocenters. The van der Waals surface area contributed by atoms with Crippen molar-refractivity contribution in [2.24, 2.45) is 0 Å². The number of hydrogen-bond acceptors (Lipinski definition) is 5. The van der Waals surface area contributed by atoms with Crippen LogP contribution in [0.1, 0.15) is 5.56 Å². The molecular weight excluding hydrogens is 394 g/mol. The zero-order valence-corrected chi connectivity index (χ0v) is 16.3. The molecule has 144 valence electrons. The summed E-state index contributed by atoms with van der Waals surface area (Å²) in [6.07, 6.45) is 0.943. The topological polar surface area (TPSA) is 101 Å². The van der Waals surface area contributed by atoms with Gasteiger partial charge in [-0.3, -0.25) is 19.2 Å². The molecule has 0 aliphatic rings. The molecule has 0 aromatic heterocycles. The van der Waals surface area contributed by atoms with Gasteiger partial charge in [-0.15, -0.1) is 0 Å². The first-order valence-corrected chi connectivity index (χ1v) is 10.0. The standard InChI is InChI=1S/C17H18ClN3O5S/c1-19(11-13-6-8-14(18)9-7-13)17(22)12-20(27(2,25)26)15-4-3-5-16(10-15)21(23)24/h3-10H,11-12H2,1-2H3. The van der Waals surface area contributed by atoms with Crippen molar-refractivity contribution >= 4 is 38.9 Å². The van der Waals surface area contributed by atoms with Crippen molar-refractivity contribution in [1.82, 2.24) is 4.90 Å². The molecule has 0 aliphatic carbocycles. The molecule has 27 heavy (non-hydrogen) atoms. The van der Waals surface area contributed by atoms with Gasteiger partial charge < -0.3 is 4.90 Å². The van der Waals surface area contributed by atoms with Gasteiger partial charge in [0, 0.05) is 30.7 Å².